The molecule has 0 aliphatic carbocycles. The third-order valence-corrected chi connectivity index (χ3v) is 3.32. The first-order chi connectivity index (χ1) is 10.6. The third-order valence-electron chi connectivity index (χ3n) is 3.32. The number of rotatable bonds is 4. The molecule has 0 saturated carbocycles. The van der Waals surface area contributed by atoms with Gasteiger partial charge in [0.25, 0.3) is 5.69 Å². The lowest BCUT2D eigenvalue weighted by atomic mass is 10.2. The second-order valence-electron chi connectivity index (χ2n) is 4.91. The molecule has 0 spiro atoms. The van der Waals surface area contributed by atoms with Crippen LogP contribution in [0.3, 0.4) is 0 Å². The summed E-state index contributed by atoms with van der Waals surface area (Å²) in [6.45, 7) is 2.39. The molecule has 1 heterocycles. The molecule has 1 N–H and O–H groups in total. The Labute approximate surface area is 127 Å². The van der Waals surface area contributed by atoms with Crippen molar-refractivity contribution in [2.45, 2.75) is 13.5 Å². The van der Waals surface area contributed by atoms with Crippen LogP contribution >= 0.6 is 0 Å². The van der Waals surface area contributed by atoms with Crippen LogP contribution in [0, 0.1) is 17.0 Å². The quantitative estimate of drug-likeness (QED) is 0.588. The Kier molecular flexibility index (Phi) is 3.65. The highest BCUT2D eigenvalue weighted by atomic mass is 16.6. The van der Waals surface area contributed by atoms with E-state index in [9.17, 15) is 10.1 Å². The highest BCUT2D eigenvalue weighted by Gasteiger charge is 2.06. The predicted molar refractivity (Wildman–Crippen MR) is 84.7 cm³/mol. The van der Waals surface area contributed by atoms with Crippen molar-refractivity contribution in [3.63, 3.8) is 0 Å². The summed E-state index contributed by atoms with van der Waals surface area (Å²) >= 11 is 0. The van der Waals surface area contributed by atoms with Crippen LogP contribution in [0.15, 0.2) is 48.5 Å². The van der Waals surface area contributed by atoms with Crippen molar-refractivity contribution < 1.29 is 4.92 Å². The number of nitro benzene ring substituents is 1. The van der Waals surface area contributed by atoms with Crippen LogP contribution in [0.4, 0.5) is 11.5 Å². The van der Waals surface area contributed by atoms with Crippen molar-refractivity contribution in [2.75, 3.05) is 5.32 Å². The van der Waals surface area contributed by atoms with E-state index in [2.05, 4.69) is 15.3 Å². The van der Waals surface area contributed by atoms with E-state index in [1.807, 2.05) is 31.2 Å². The molecular formula is C16H14N4O2. The molecule has 1 aromatic heterocycles. The van der Waals surface area contributed by atoms with E-state index in [1.165, 1.54) is 12.1 Å². The lowest BCUT2D eigenvalue weighted by Gasteiger charge is -2.09. The lowest BCUT2D eigenvalue weighted by Crippen LogP contribution is -2.04. The number of benzene rings is 2. The van der Waals surface area contributed by atoms with Gasteiger partial charge in [-0.2, -0.15) is 0 Å². The molecule has 0 amide bonds. The smallest absolute Gasteiger partial charge is 0.269 e. The minimum absolute atomic E-state index is 0.0899. The molecule has 110 valence electrons. The van der Waals surface area contributed by atoms with E-state index in [1.54, 1.807) is 12.1 Å². The van der Waals surface area contributed by atoms with Crippen molar-refractivity contribution in [3.8, 4) is 0 Å². The number of aromatic nitrogens is 2. The highest BCUT2D eigenvalue weighted by Crippen LogP contribution is 2.21. The van der Waals surface area contributed by atoms with Gasteiger partial charge < -0.3 is 5.32 Å². The SMILES string of the molecule is Cc1nc(NCc2ccc([N+](=O)[O-])cc2)c2ccccc2n1. The zero-order valence-corrected chi connectivity index (χ0v) is 12.0. The van der Waals surface area contributed by atoms with E-state index in [-0.39, 0.29) is 5.69 Å². The average molecular weight is 294 g/mol. The average Bonchev–Trinajstić information content (AvgIpc) is 2.52. The van der Waals surface area contributed by atoms with Crippen LogP contribution in [0.1, 0.15) is 11.4 Å². The standard InChI is InChI=1S/C16H14N4O2/c1-11-18-15-5-3-2-4-14(15)16(19-11)17-10-12-6-8-13(9-7-12)20(21)22/h2-9H,10H2,1H3,(H,17,18,19). The number of anilines is 1. The molecule has 0 fully saturated rings. The Morgan fingerprint density at radius 2 is 1.82 bits per heavy atom. The van der Waals surface area contributed by atoms with E-state index in [4.69, 9.17) is 0 Å². The van der Waals surface area contributed by atoms with Crippen LogP contribution in [0.25, 0.3) is 10.9 Å². The van der Waals surface area contributed by atoms with E-state index in [0.717, 1.165) is 22.3 Å². The molecule has 0 saturated heterocycles. The van der Waals surface area contributed by atoms with Gasteiger partial charge in [0.1, 0.15) is 11.6 Å². The van der Waals surface area contributed by atoms with Crippen molar-refractivity contribution >= 4 is 22.4 Å². The zero-order valence-electron chi connectivity index (χ0n) is 12.0. The summed E-state index contributed by atoms with van der Waals surface area (Å²) in [6, 6.07) is 14.3. The summed E-state index contributed by atoms with van der Waals surface area (Å²) in [5, 5.41) is 14.9. The van der Waals surface area contributed by atoms with Gasteiger partial charge >= 0.3 is 0 Å². The van der Waals surface area contributed by atoms with Gasteiger partial charge in [0, 0.05) is 24.1 Å². The van der Waals surface area contributed by atoms with Crippen molar-refractivity contribution in [2.24, 2.45) is 0 Å². The Hall–Kier alpha value is -3.02. The molecular weight excluding hydrogens is 280 g/mol. The fraction of sp³-hybridized carbons (Fsp3) is 0.125. The molecule has 0 radical (unpaired) electrons. The Balaban J connectivity index is 1.83. The van der Waals surface area contributed by atoms with Gasteiger partial charge in [0.15, 0.2) is 0 Å². The summed E-state index contributed by atoms with van der Waals surface area (Å²) in [4.78, 5) is 19.1. The molecule has 2 aromatic carbocycles. The summed E-state index contributed by atoms with van der Waals surface area (Å²) in [5.74, 6) is 1.46. The van der Waals surface area contributed by atoms with Crippen LogP contribution in [0.5, 0.6) is 0 Å². The Bertz CT molecular complexity index is 831. The molecule has 0 bridgehead atoms. The van der Waals surface area contributed by atoms with Gasteiger partial charge in [-0.3, -0.25) is 10.1 Å². The number of nitrogens with zero attached hydrogens (tertiary/aromatic N) is 3. The Morgan fingerprint density at radius 1 is 1.09 bits per heavy atom. The minimum Gasteiger partial charge on any atom is -0.365 e. The monoisotopic (exact) mass is 294 g/mol. The second-order valence-corrected chi connectivity index (χ2v) is 4.91. The molecule has 3 rings (SSSR count). The van der Waals surface area contributed by atoms with Gasteiger partial charge in [-0.15, -0.1) is 0 Å². The second kappa shape index (κ2) is 5.77. The number of nitrogens with one attached hydrogen (secondary N) is 1. The minimum atomic E-state index is -0.404. The number of aryl methyl sites for hydroxylation is 1. The normalized spacial score (nSPS) is 10.6. The van der Waals surface area contributed by atoms with Crippen LogP contribution in [-0.2, 0) is 6.54 Å². The van der Waals surface area contributed by atoms with Gasteiger partial charge in [0.05, 0.1) is 10.4 Å². The summed E-state index contributed by atoms with van der Waals surface area (Å²) in [5.41, 5.74) is 1.93. The summed E-state index contributed by atoms with van der Waals surface area (Å²) < 4.78 is 0. The summed E-state index contributed by atoms with van der Waals surface area (Å²) in [7, 11) is 0. The fourth-order valence-corrected chi connectivity index (χ4v) is 2.25. The fourth-order valence-electron chi connectivity index (χ4n) is 2.25. The van der Waals surface area contributed by atoms with Crippen molar-refractivity contribution in [1.29, 1.82) is 0 Å². The lowest BCUT2D eigenvalue weighted by molar-refractivity contribution is -0.384. The maximum atomic E-state index is 10.6. The molecule has 0 aliphatic heterocycles. The molecule has 0 unspecified atom stereocenters. The molecule has 22 heavy (non-hydrogen) atoms. The Morgan fingerprint density at radius 3 is 2.55 bits per heavy atom. The van der Waals surface area contributed by atoms with E-state index < -0.39 is 4.92 Å². The van der Waals surface area contributed by atoms with Crippen LogP contribution < -0.4 is 5.32 Å². The maximum absolute atomic E-state index is 10.6. The zero-order chi connectivity index (χ0) is 15.5. The molecule has 0 atom stereocenters. The first kappa shape index (κ1) is 13.9. The van der Waals surface area contributed by atoms with Crippen molar-refractivity contribution in [3.05, 3.63) is 70.0 Å². The number of fused-ring (bicyclic) bond motifs is 1. The number of hydrogen-bond acceptors (Lipinski definition) is 5. The number of para-hydroxylation sites is 1. The van der Waals surface area contributed by atoms with Gasteiger partial charge in [0.2, 0.25) is 0 Å². The van der Waals surface area contributed by atoms with E-state index >= 15 is 0 Å². The van der Waals surface area contributed by atoms with Gasteiger partial charge in [-0.05, 0) is 24.6 Å². The first-order valence-electron chi connectivity index (χ1n) is 6.84. The maximum Gasteiger partial charge on any atom is 0.269 e. The largest absolute Gasteiger partial charge is 0.365 e. The molecule has 6 nitrogen and oxygen atoms in total. The van der Waals surface area contributed by atoms with Crippen LogP contribution in [-0.4, -0.2) is 14.9 Å². The van der Waals surface area contributed by atoms with Gasteiger partial charge in [-0.25, -0.2) is 9.97 Å². The highest BCUT2D eigenvalue weighted by molar-refractivity contribution is 5.88. The van der Waals surface area contributed by atoms with E-state index in [0.29, 0.717) is 12.4 Å². The molecule has 0 aliphatic rings. The number of nitro groups is 1. The number of hydrogen-bond donors (Lipinski definition) is 1. The number of non-ortho nitro benzene ring substituents is 1. The summed E-state index contributed by atoms with van der Waals surface area (Å²) in [6.07, 6.45) is 0. The van der Waals surface area contributed by atoms with Gasteiger partial charge in [-0.1, -0.05) is 24.3 Å². The van der Waals surface area contributed by atoms with Crippen molar-refractivity contribution in [1.82, 2.24) is 9.97 Å². The van der Waals surface area contributed by atoms with Crippen LogP contribution in [0.2, 0.25) is 0 Å². The predicted octanol–water partition coefficient (Wildman–Crippen LogP) is 3.46. The topological polar surface area (TPSA) is 81.0 Å². The first-order valence-corrected chi connectivity index (χ1v) is 6.84. The molecule has 3 aromatic rings. The third kappa shape index (κ3) is 2.85. The molecule has 6 heteroatoms.